The van der Waals surface area contributed by atoms with E-state index in [0.717, 1.165) is 43.3 Å². The molecule has 5 aliphatic rings. The van der Waals surface area contributed by atoms with Crippen LogP contribution in [0.2, 0.25) is 0 Å². The molecule has 0 saturated heterocycles. The maximum Gasteiger partial charge on any atom is 0.220 e. The largest absolute Gasteiger partial charge is 0.504 e. The molecule has 5 aliphatic carbocycles. The van der Waals surface area contributed by atoms with E-state index in [4.69, 9.17) is 0 Å². The van der Waals surface area contributed by atoms with Crippen molar-refractivity contribution in [3.8, 4) is 0 Å². The van der Waals surface area contributed by atoms with Gasteiger partial charge in [0, 0.05) is 22.3 Å². The quantitative estimate of drug-likeness (QED) is 0.534. The molecule has 0 aromatic heterocycles. The molecule has 0 aromatic rings. The standard InChI is InChI=1S/C28H36O4/c1-15-13-21-26(4,24(32)22(15)30)10-12-27(5)20-8-7-17-16(2)23(31)19(29)14-18(17)25(20,3)9-11-28(21,27)6/h7-8,14-15,21,24,31-32H,9-13H2,1-6H3/t15-,21-,24+,25+,26-,27+,28+/m1/s1. The third-order valence-electron chi connectivity index (χ3n) is 10.9. The second kappa shape index (κ2) is 6.34. The summed E-state index contributed by atoms with van der Waals surface area (Å²) in [6.45, 7) is 13.0. The Labute approximate surface area is 191 Å². The number of carbonyl (C=O) groups is 2. The molecule has 172 valence electrons. The van der Waals surface area contributed by atoms with Crippen molar-refractivity contribution in [3.05, 3.63) is 46.3 Å². The van der Waals surface area contributed by atoms with Crippen LogP contribution in [0.4, 0.5) is 0 Å². The summed E-state index contributed by atoms with van der Waals surface area (Å²) in [6.07, 6.45) is 9.60. The first-order valence-corrected chi connectivity index (χ1v) is 12.1. The molecule has 4 heteroatoms. The number of carbonyl (C=O) groups excluding carboxylic acids is 2. The lowest BCUT2D eigenvalue weighted by molar-refractivity contribution is -0.192. The molecular weight excluding hydrogens is 400 g/mol. The van der Waals surface area contributed by atoms with E-state index in [2.05, 4.69) is 39.8 Å². The van der Waals surface area contributed by atoms with Gasteiger partial charge in [0.15, 0.2) is 11.5 Å². The summed E-state index contributed by atoms with van der Waals surface area (Å²) in [4.78, 5) is 25.3. The topological polar surface area (TPSA) is 74.6 Å². The summed E-state index contributed by atoms with van der Waals surface area (Å²) in [5.74, 6) is -0.282. The van der Waals surface area contributed by atoms with E-state index in [-0.39, 0.29) is 50.8 Å². The van der Waals surface area contributed by atoms with Crippen molar-refractivity contribution < 1.29 is 19.8 Å². The second-order valence-corrected chi connectivity index (χ2v) is 12.1. The Bertz CT molecular complexity index is 1070. The van der Waals surface area contributed by atoms with Crippen LogP contribution in [0.15, 0.2) is 46.3 Å². The highest BCUT2D eigenvalue weighted by Gasteiger charge is 2.68. The van der Waals surface area contributed by atoms with Crippen molar-refractivity contribution in [2.75, 3.05) is 0 Å². The summed E-state index contributed by atoms with van der Waals surface area (Å²) in [5.41, 5.74) is 3.29. The number of Topliss-reactive ketones (excluding diaryl/α,β-unsaturated/α-hetero) is 1. The summed E-state index contributed by atoms with van der Waals surface area (Å²) in [7, 11) is 0. The van der Waals surface area contributed by atoms with Crippen LogP contribution in [-0.2, 0) is 9.59 Å². The van der Waals surface area contributed by atoms with Gasteiger partial charge in [0.25, 0.3) is 0 Å². The molecule has 0 aliphatic heterocycles. The number of aliphatic hydroxyl groups is 2. The zero-order chi connectivity index (χ0) is 23.4. The molecule has 0 radical (unpaired) electrons. The van der Waals surface area contributed by atoms with Crippen LogP contribution in [0.3, 0.4) is 0 Å². The average Bonchev–Trinajstić information content (AvgIpc) is 2.75. The maximum absolute atomic E-state index is 12.7. The van der Waals surface area contributed by atoms with Crippen LogP contribution in [0.5, 0.6) is 0 Å². The maximum atomic E-state index is 12.7. The first-order chi connectivity index (χ1) is 14.8. The third-order valence-corrected chi connectivity index (χ3v) is 10.9. The van der Waals surface area contributed by atoms with Crippen molar-refractivity contribution in [1.82, 2.24) is 0 Å². The zero-order valence-electron chi connectivity index (χ0n) is 20.2. The van der Waals surface area contributed by atoms with Gasteiger partial charge in [-0.2, -0.15) is 0 Å². The Morgan fingerprint density at radius 1 is 1.00 bits per heavy atom. The third kappa shape index (κ3) is 2.32. The Morgan fingerprint density at radius 3 is 2.38 bits per heavy atom. The van der Waals surface area contributed by atoms with E-state index in [0.29, 0.717) is 5.57 Å². The average molecular weight is 437 g/mol. The lowest BCUT2D eigenvalue weighted by Gasteiger charge is -2.69. The minimum absolute atomic E-state index is 0.00833. The van der Waals surface area contributed by atoms with Gasteiger partial charge in [0.1, 0.15) is 6.10 Å². The van der Waals surface area contributed by atoms with Gasteiger partial charge >= 0.3 is 0 Å². The molecule has 2 N–H and O–H groups in total. The molecule has 32 heavy (non-hydrogen) atoms. The second-order valence-electron chi connectivity index (χ2n) is 12.1. The number of rotatable bonds is 0. The van der Waals surface area contributed by atoms with Crippen molar-refractivity contribution in [1.29, 1.82) is 0 Å². The Hall–Kier alpha value is -1.94. The van der Waals surface area contributed by atoms with Crippen molar-refractivity contribution >= 4 is 11.6 Å². The van der Waals surface area contributed by atoms with Crippen LogP contribution in [0.25, 0.3) is 0 Å². The molecular formula is C28H36O4. The predicted octanol–water partition coefficient (Wildman–Crippen LogP) is 5.39. The summed E-state index contributed by atoms with van der Waals surface area (Å²) in [6, 6.07) is 0. The van der Waals surface area contributed by atoms with E-state index in [1.54, 1.807) is 6.08 Å². The van der Waals surface area contributed by atoms with E-state index < -0.39 is 6.10 Å². The van der Waals surface area contributed by atoms with Crippen molar-refractivity contribution in [2.45, 2.75) is 79.8 Å². The molecule has 0 bridgehead atoms. The van der Waals surface area contributed by atoms with Gasteiger partial charge in [-0.05, 0) is 73.0 Å². The molecule has 0 amide bonds. The van der Waals surface area contributed by atoms with Crippen LogP contribution < -0.4 is 0 Å². The predicted molar refractivity (Wildman–Crippen MR) is 124 cm³/mol. The molecule has 5 rings (SSSR count). The molecule has 4 nitrogen and oxygen atoms in total. The number of hydrogen-bond donors (Lipinski definition) is 2. The van der Waals surface area contributed by atoms with Gasteiger partial charge in [-0.25, -0.2) is 0 Å². The Morgan fingerprint density at radius 2 is 1.69 bits per heavy atom. The molecule has 0 unspecified atom stereocenters. The van der Waals surface area contributed by atoms with Gasteiger partial charge in [0.05, 0.1) is 0 Å². The SMILES string of the molecule is CC1=C(O)C(=O)C=C2C1=CC=C1[C@@]2(C)CC[C@@]2(C)[C@@H]3C[C@@H](C)C(=O)[C@H](O)[C@]3(C)CC[C@@]12C. The van der Waals surface area contributed by atoms with Crippen molar-refractivity contribution in [3.63, 3.8) is 0 Å². The smallest absolute Gasteiger partial charge is 0.220 e. The molecule has 3 fully saturated rings. The first-order valence-electron chi connectivity index (χ1n) is 12.1. The molecule has 0 spiro atoms. The molecule has 0 aromatic carbocycles. The van der Waals surface area contributed by atoms with Gasteiger partial charge in [-0.1, -0.05) is 52.3 Å². The fourth-order valence-electron chi connectivity index (χ4n) is 8.44. The number of allylic oxidation sites excluding steroid dienone is 7. The highest BCUT2D eigenvalue weighted by molar-refractivity contribution is 6.06. The summed E-state index contributed by atoms with van der Waals surface area (Å²) >= 11 is 0. The Balaban J connectivity index is 1.66. The van der Waals surface area contributed by atoms with Gasteiger partial charge in [-0.15, -0.1) is 0 Å². The monoisotopic (exact) mass is 436 g/mol. The van der Waals surface area contributed by atoms with E-state index >= 15 is 0 Å². The first kappa shape index (κ1) is 21.9. The van der Waals surface area contributed by atoms with Crippen LogP contribution in [0, 0.1) is 33.5 Å². The molecule has 0 heterocycles. The van der Waals surface area contributed by atoms with Crippen LogP contribution >= 0.6 is 0 Å². The highest BCUT2D eigenvalue weighted by atomic mass is 16.3. The normalized spacial score (nSPS) is 48.1. The minimum atomic E-state index is -0.882. The lowest BCUT2D eigenvalue weighted by Crippen LogP contribution is -2.65. The number of ketones is 2. The molecule has 3 saturated carbocycles. The van der Waals surface area contributed by atoms with Crippen molar-refractivity contribution in [2.24, 2.45) is 33.5 Å². The molecule has 7 atom stereocenters. The number of hydrogen-bond acceptors (Lipinski definition) is 4. The summed E-state index contributed by atoms with van der Waals surface area (Å²) in [5, 5.41) is 21.3. The van der Waals surface area contributed by atoms with Gasteiger partial charge in [0.2, 0.25) is 5.78 Å². The summed E-state index contributed by atoms with van der Waals surface area (Å²) < 4.78 is 0. The zero-order valence-corrected chi connectivity index (χ0v) is 20.2. The number of aliphatic hydroxyl groups excluding tert-OH is 2. The number of fused-ring (bicyclic) bond motifs is 7. The highest BCUT2D eigenvalue weighted by Crippen LogP contribution is 2.74. The van der Waals surface area contributed by atoms with E-state index in [9.17, 15) is 19.8 Å². The fourth-order valence-corrected chi connectivity index (χ4v) is 8.44. The van der Waals surface area contributed by atoms with Gasteiger partial charge in [-0.3, -0.25) is 9.59 Å². The fraction of sp³-hybridized carbons (Fsp3) is 0.643. The van der Waals surface area contributed by atoms with Crippen LogP contribution in [0.1, 0.15) is 73.6 Å². The van der Waals surface area contributed by atoms with E-state index in [1.807, 2.05) is 13.8 Å². The lowest BCUT2D eigenvalue weighted by atomic mass is 9.35. The van der Waals surface area contributed by atoms with E-state index in [1.165, 1.54) is 5.57 Å². The van der Waals surface area contributed by atoms with Gasteiger partial charge < -0.3 is 10.2 Å². The minimum Gasteiger partial charge on any atom is -0.504 e. The van der Waals surface area contributed by atoms with Crippen LogP contribution in [-0.4, -0.2) is 27.9 Å². The Kier molecular flexibility index (Phi) is 4.34.